The number of anilines is 2. The topological polar surface area (TPSA) is 61.4 Å². The van der Waals surface area contributed by atoms with Gasteiger partial charge < -0.3 is 15.5 Å². The monoisotopic (exact) mass is 363 g/mol. The largest absolute Gasteiger partial charge is 0.371 e. The van der Waals surface area contributed by atoms with Crippen molar-refractivity contribution >= 4 is 23.2 Å². The van der Waals surface area contributed by atoms with Gasteiger partial charge in [0.2, 0.25) is 5.91 Å². The first kappa shape index (κ1) is 18.7. The third-order valence-electron chi connectivity index (χ3n) is 4.69. The van der Waals surface area contributed by atoms with E-state index in [0.29, 0.717) is 12.1 Å². The normalized spacial score (nSPS) is 13.7. The number of nitrogens with zero attached hydrogens (tertiary/aromatic N) is 1. The highest BCUT2D eigenvalue weighted by molar-refractivity contribution is 6.04. The van der Waals surface area contributed by atoms with E-state index in [1.807, 2.05) is 30.3 Å². The Balaban J connectivity index is 1.61. The van der Waals surface area contributed by atoms with Gasteiger partial charge in [-0.3, -0.25) is 9.59 Å². The summed E-state index contributed by atoms with van der Waals surface area (Å²) in [7, 11) is 0. The molecular formula is C22H25N3O2. The third kappa shape index (κ3) is 5.20. The Labute approximate surface area is 160 Å². The SMILES string of the molecule is C=CC(=O)NCc1ccc(C(=O)Nc2cccc(N3CCCCC3)c2)cc1. The first-order chi connectivity index (χ1) is 13.2. The highest BCUT2D eigenvalue weighted by atomic mass is 16.2. The van der Waals surface area contributed by atoms with Crippen LogP contribution in [-0.2, 0) is 11.3 Å². The lowest BCUT2D eigenvalue weighted by atomic mass is 10.1. The molecule has 0 bridgehead atoms. The molecule has 0 saturated carbocycles. The van der Waals surface area contributed by atoms with E-state index < -0.39 is 0 Å². The van der Waals surface area contributed by atoms with Crippen LogP contribution in [0.2, 0.25) is 0 Å². The molecule has 1 saturated heterocycles. The number of hydrogen-bond acceptors (Lipinski definition) is 3. The number of carbonyl (C=O) groups is 2. The molecule has 140 valence electrons. The summed E-state index contributed by atoms with van der Waals surface area (Å²) in [5.74, 6) is -0.363. The van der Waals surface area contributed by atoms with E-state index in [9.17, 15) is 9.59 Å². The van der Waals surface area contributed by atoms with Crippen LogP contribution in [0, 0.1) is 0 Å². The van der Waals surface area contributed by atoms with Crippen LogP contribution in [0.5, 0.6) is 0 Å². The van der Waals surface area contributed by atoms with E-state index in [-0.39, 0.29) is 11.8 Å². The lowest BCUT2D eigenvalue weighted by Crippen LogP contribution is -2.29. The molecule has 1 aliphatic rings. The van der Waals surface area contributed by atoms with Crippen LogP contribution in [0.4, 0.5) is 11.4 Å². The maximum Gasteiger partial charge on any atom is 0.255 e. The summed E-state index contributed by atoms with van der Waals surface area (Å²) in [4.78, 5) is 26.1. The average molecular weight is 363 g/mol. The fourth-order valence-electron chi connectivity index (χ4n) is 3.17. The quantitative estimate of drug-likeness (QED) is 0.769. The maximum absolute atomic E-state index is 12.5. The molecule has 2 aromatic carbocycles. The van der Waals surface area contributed by atoms with Crippen LogP contribution in [0.1, 0.15) is 35.2 Å². The molecule has 2 amide bonds. The van der Waals surface area contributed by atoms with E-state index in [1.54, 1.807) is 12.1 Å². The fourth-order valence-corrected chi connectivity index (χ4v) is 3.17. The highest BCUT2D eigenvalue weighted by Crippen LogP contribution is 2.23. The van der Waals surface area contributed by atoms with Crippen molar-refractivity contribution in [2.45, 2.75) is 25.8 Å². The van der Waals surface area contributed by atoms with Gasteiger partial charge >= 0.3 is 0 Å². The molecule has 0 spiro atoms. The molecule has 0 aromatic heterocycles. The van der Waals surface area contributed by atoms with Crippen molar-refractivity contribution in [1.82, 2.24) is 5.32 Å². The Morgan fingerprint density at radius 1 is 1.04 bits per heavy atom. The van der Waals surface area contributed by atoms with Crippen molar-refractivity contribution < 1.29 is 9.59 Å². The molecule has 2 aromatic rings. The van der Waals surface area contributed by atoms with E-state index in [4.69, 9.17) is 0 Å². The van der Waals surface area contributed by atoms with Crippen molar-refractivity contribution in [2.24, 2.45) is 0 Å². The maximum atomic E-state index is 12.5. The zero-order valence-corrected chi connectivity index (χ0v) is 15.4. The summed E-state index contributed by atoms with van der Waals surface area (Å²) < 4.78 is 0. The predicted octanol–water partition coefficient (Wildman–Crippen LogP) is 3.73. The van der Waals surface area contributed by atoms with Gasteiger partial charge in [0.25, 0.3) is 5.91 Å². The molecule has 1 aliphatic heterocycles. The Morgan fingerprint density at radius 2 is 1.78 bits per heavy atom. The molecule has 1 heterocycles. The van der Waals surface area contributed by atoms with Crippen molar-refractivity contribution in [3.8, 4) is 0 Å². The van der Waals surface area contributed by atoms with E-state index in [2.05, 4.69) is 28.2 Å². The Bertz CT molecular complexity index is 809. The van der Waals surface area contributed by atoms with Crippen LogP contribution in [0.3, 0.4) is 0 Å². The molecule has 5 nitrogen and oxygen atoms in total. The Morgan fingerprint density at radius 3 is 2.48 bits per heavy atom. The van der Waals surface area contributed by atoms with E-state index in [0.717, 1.165) is 30.0 Å². The lowest BCUT2D eigenvalue weighted by Gasteiger charge is -2.29. The first-order valence-electron chi connectivity index (χ1n) is 9.31. The molecule has 5 heteroatoms. The molecule has 0 aliphatic carbocycles. The van der Waals surface area contributed by atoms with Crippen LogP contribution in [-0.4, -0.2) is 24.9 Å². The van der Waals surface area contributed by atoms with Crippen molar-refractivity contribution in [3.05, 3.63) is 72.3 Å². The summed E-state index contributed by atoms with van der Waals surface area (Å²) in [6, 6.07) is 15.2. The standard InChI is InChI=1S/C22H25N3O2/c1-2-21(26)23-16-17-9-11-18(12-10-17)22(27)24-19-7-6-8-20(15-19)25-13-4-3-5-14-25/h2,6-12,15H,1,3-5,13-14,16H2,(H,23,26)(H,24,27). The minimum absolute atomic E-state index is 0.146. The van der Waals surface area contributed by atoms with Crippen molar-refractivity contribution in [1.29, 1.82) is 0 Å². The molecule has 0 unspecified atom stereocenters. The van der Waals surface area contributed by atoms with Crippen molar-refractivity contribution in [2.75, 3.05) is 23.3 Å². The van der Waals surface area contributed by atoms with Gasteiger partial charge in [-0.2, -0.15) is 0 Å². The molecule has 2 N–H and O–H groups in total. The smallest absolute Gasteiger partial charge is 0.255 e. The number of nitrogens with one attached hydrogen (secondary N) is 2. The Kier molecular flexibility index (Phi) is 6.26. The second-order valence-corrected chi connectivity index (χ2v) is 6.67. The van der Waals surface area contributed by atoms with Gasteiger partial charge in [0.05, 0.1) is 0 Å². The molecule has 1 fully saturated rings. The second-order valence-electron chi connectivity index (χ2n) is 6.67. The number of amides is 2. The summed E-state index contributed by atoms with van der Waals surface area (Å²) in [6.45, 7) is 5.97. The zero-order chi connectivity index (χ0) is 19.1. The summed E-state index contributed by atoms with van der Waals surface area (Å²) in [6.07, 6.45) is 4.96. The molecule has 0 atom stereocenters. The van der Waals surface area contributed by atoms with Gasteiger partial charge in [0, 0.05) is 36.6 Å². The minimum atomic E-state index is -0.217. The van der Waals surface area contributed by atoms with Gasteiger partial charge in [-0.05, 0) is 61.2 Å². The van der Waals surface area contributed by atoms with Crippen LogP contribution < -0.4 is 15.5 Å². The van der Waals surface area contributed by atoms with E-state index in [1.165, 1.54) is 25.3 Å². The molecule has 3 rings (SSSR count). The second kappa shape index (κ2) is 9.03. The van der Waals surface area contributed by atoms with Gasteiger partial charge in [0.15, 0.2) is 0 Å². The summed E-state index contributed by atoms with van der Waals surface area (Å²) >= 11 is 0. The number of carbonyl (C=O) groups excluding carboxylic acids is 2. The van der Waals surface area contributed by atoms with Gasteiger partial charge in [0.1, 0.15) is 0 Å². The third-order valence-corrected chi connectivity index (χ3v) is 4.69. The highest BCUT2D eigenvalue weighted by Gasteiger charge is 2.12. The average Bonchev–Trinajstić information content (AvgIpc) is 2.73. The molecule has 27 heavy (non-hydrogen) atoms. The number of hydrogen-bond donors (Lipinski definition) is 2. The van der Waals surface area contributed by atoms with Gasteiger partial charge in [-0.1, -0.05) is 24.8 Å². The fraction of sp³-hybridized carbons (Fsp3) is 0.273. The molecule has 0 radical (unpaired) electrons. The predicted molar refractivity (Wildman–Crippen MR) is 109 cm³/mol. The van der Waals surface area contributed by atoms with Crippen LogP contribution in [0.15, 0.2) is 61.2 Å². The van der Waals surface area contributed by atoms with Gasteiger partial charge in [-0.15, -0.1) is 0 Å². The number of piperidine rings is 1. The first-order valence-corrected chi connectivity index (χ1v) is 9.31. The Hall–Kier alpha value is -3.08. The van der Waals surface area contributed by atoms with E-state index >= 15 is 0 Å². The van der Waals surface area contributed by atoms with Crippen molar-refractivity contribution in [3.63, 3.8) is 0 Å². The van der Waals surface area contributed by atoms with Gasteiger partial charge in [-0.25, -0.2) is 0 Å². The molecular weight excluding hydrogens is 338 g/mol. The van der Waals surface area contributed by atoms with Crippen LogP contribution >= 0.6 is 0 Å². The minimum Gasteiger partial charge on any atom is -0.371 e. The van der Waals surface area contributed by atoms with Crippen LogP contribution in [0.25, 0.3) is 0 Å². The summed E-state index contributed by atoms with van der Waals surface area (Å²) in [5.41, 5.74) is 3.46. The lowest BCUT2D eigenvalue weighted by molar-refractivity contribution is -0.116. The summed E-state index contributed by atoms with van der Waals surface area (Å²) in [5, 5.41) is 5.68. The zero-order valence-electron chi connectivity index (χ0n) is 15.4. The number of benzene rings is 2. The number of rotatable bonds is 6.